The third-order valence-electron chi connectivity index (χ3n) is 4.54. The lowest BCUT2D eigenvalue weighted by Gasteiger charge is -2.30. The molecule has 0 radical (unpaired) electrons. The first-order valence-electron chi connectivity index (χ1n) is 8.36. The van der Waals surface area contributed by atoms with E-state index < -0.39 is 18.0 Å². The Hall–Kier alpha value is -3.19. The van der Waals surface area contributed by atoms with Gasteiger partial charge in [-0.25, -0.2) is 9.79 Å². The molecule has 4 rings (SSSR count). The molecule has 0 fully saturated rings. The standard InChI is InChI=1S/C19H16ClN5O2/c1-10-16(17(24-19(27)22-10)11-3-2-4-13(20)7-11)18(26)23-14-5-6-15-12(8-14)9-21-25-15/h2-9,16-17H,1H3,(H,21,25)(H,23,26)(H,24,27). The van der Waals surface area contributed by atoms with Crippen LogP contribution in [0.1, 0.15) is 18.5 Å². The lowest BCUT2D eigenvalue weighted by Crippen LogP contribution is -2.45. The molecule has 0 aliphatic carbocycles. The van der Waals surface area contributed by atoms with Crippen molar-refractivity contribution in [3.8, 4) is 0 Å². The van der Waals surface area contributed by atoms with Crippen LogP contribution in [0.3, 0.4) is 0 Å². The molecule has 1 aliphatic rings. The van der Waals surface area contributed by atoms with Crippen LogP contribution in [0.5, 0.6) is 0 Å². The zero-order chi connectivity index (χ0) is 19.0. The maximum atomic E-state index is 13.0. The summed E-state index contributed by atoms with van der Waals surface area (Å²) >= 11 is 6.09. The number of nitrogens with one attached hydrogen (secondary N) is 3. The molecule has 1 aromatic heterocycles. The number of hydrogen-bond acceptors (Lipinski definition) is 3. The summed E-state index contributed by atoms with van der Waals surface area (Å²) in [6.07, 6.45) is 1.69. The van der Waals surface area contributed by atoms with E-state index in [1.54, 1.807) is 37.4 Å². The summed E-state index contributed by atoms with van der Waals surface area (Å²) in [6, 6.07) is 11.5. The van der Waals surface area contributed by atoms with Gasteiger partial charge in [-0.15, -0.1) is 0 Å². The molecule has 7 nitrogen and oxygen atoms in total. The van der Waals surface area contributed by atoms with Crippen LogP contribution in [-0.4, -0.2) is 27.8 Å². The number of fused-ring (bicyclic) bond motifs is 1. The number of amides is 3. The Labute approximate surface area is 159 Å². The molecule has 2 heterocycles. The van der Waals surface area contributed by atoms with Gasteiger partial charge in [0.1, 0.15) is 5.92 Å². The van der Waals surface area contributed by atoms with Gasteiger partial charge < -0.3 is 10.6 Å². The van der Waals surface area contributed by atoms with Crippen molar-refractivity contribution >= 4 is 45.8 Å². The average molecular weight is 382 g/mol. The molecule has 0 saturated heterocycles. The van der Waals surface area contributed by atoms with E-state index >= 15 is 0 Å². The molecular formula is C19H16ClN5O2. The van der Waals surface area contributed by atoms with Crippen LogP contribution in [0.25, 0.3) is 10.9 Å². The lowest BCUT2D eigenvalue weighted by molar-refractivity contribution is -0.118. The predicted molar refractivity (Wildman–Crippen MR) is 104 cm³/mol. The van der Waals surface area contributed by atoms with Gasteiger partial charge in [0.2, 0.25) is 5.91 Å². The van der Waals surface area contributed by atoms with Crippen molar-refractivity contribution in [3.63, 3.8) is 0 Å². The van der Waals surface area contributed by atoms with E-state index in [9.17, 15) is 9.59 Å². The number of benzene rings is 2. The van der Waals surface area contributed by atoms with Crippen molar-refractivity contribution in [3.05, 3.63) is 59.2 Å². The smallest absolute Gasteiger partial charge is 0.328 e. The summed E-state index contributed by atoms with van der Waals surface area (Å²) in [5.41, 5.74) is 2.72. The summed E-state index contributed by atoms with van der Waals surface area (Å²) in [4.78, 5) is 28.9. The second-order valence-corrected chi connectivity index (χ2v) is 6.81. The molecule has 0 spiro atoms. The van der Waals surface area contributed by atoms with Crippen molar-refractivity contribution in [2.75, 3.05) is 5.32 Å². The van der Waals surface area contributed by atoms with E-state index in [0.717, 1.165) is 16.5 Å². The molecule has 27 heavy (non-hydrogen) atoms. The topological polar surface area (TPSA) is 99.2 Å². The highest BCUT2D eigenvalue weighted by molar-refractivity contribution is 6.30. The number of halogens is 1. The SMILES string of the molecule is CC1=NC(=O)NC(c2cccc(Cl)c2)C1C(=O)Nc1ccc2[nH]ncc2c1. The minimum Gasteiger partial charge on any atom is -0.328 e. The van der Waals surface area contributed by atoms with E-state index in [1.807, 2.05) is 18.2 Å². The quantitative estimate of drug-likeness (QED) is 0.645. The van der Waals surface area contributed by atoms with Crippen molar-refractivity contribution in [1.29, 1.82) is 0 Å². The van der Waals surface area contributed by atoms with Gasteiger partial charge in [0, 0.05) is 21.8 Å². The fourth-order valence-corrected chi connectivity index (χ4v) is 3.48. The molecule has 1 aliphatic heterocycles. The van der Waals surface area contributed by atoms with Crippen molar-refractivity contribution in [2.24, 2.45) is 10.9 Å². The Bertz CT molecular complexity index is 1070. The van der Waals surface area contributed by atoms with Crippen LogP contribution in [0, 0.1) is 5.92 Å². The second kappa shape index (κ2) is 6.85. The number of H-pyrrole nitrogens is 1. The first-order chi connectivity index (χ1) is 13.0. The maximum Gasteiger partial charge on any atom is 0.341 e. The lowest BCUT2D eigenvalue weighted by atomic mass is 9.87. The maximum absolute atomic E-state index is 13.0. The fraction of sp³-hybridized carbons (Fsp3) is 0.158. The van der Waals surface area contributed by atoms with Gasteiger partial charge >= 0.3 is 6.03 Å². The Morgan fingerprint density at radius 2 is 2.07 bits per heavy atom. The van der Waals surface area contributed by atoms with Crippen molar-refractivity contribution < 1.29 is 9.59 Å². The largest absolute Gasteiger partial charge is 0.341 e. The minimum atomic E-state index is -0.652. The van der Waals surface area contributed by atoms with Gasteiger partial charge in [0.05, 0.1) is 17.8 Å². The summed E-state index contributed by atoms with van der Waals surface area (Å²) < 4.78 is 0. The third-order valence-corrected chi connectivity index (χ3v) is 4.77. The molecule has 136 valence electrons. The van der Waals surface area contributed by atoms with Gasteiger partial charge in [0.15, 0.2) is 0 Å². The first kappa shape index (κ1) is 17.2. The van der Waals surface area contributed by atoms with Crippen LogP contribution in [0.2, 0.25) is 5.02 Å². The van der Waals surface area contributed by atoms with E-state index in [1.165, 1.54) is 0 Å². The third kappa shape index (κ3) is 3.41. The number of carbonyl (C=O) groups is 2. The number of anilines is 1. The zero-order valence-electron chi connectivity index (χ0n) is 14.4. The van der Waals surface area contributed by atoms with Crippen LogP contribution < -0.4 is 10.6 Å². The predicted octanol–water partition coefficient (Wildman–Crippen LogP) is 3.70. The van der Waals surface area contributed by atoms with Crippen LogP contribution in [0.4, 0.5) is 10.5 Å². The van der Waals surface area contributed by atoms with Crippen molar-refractivity contribution in [1.82, 2.24) is 15.5 Å². The van der Waals surface area contributed by atoms with E-state index in [-0.39, 0.29) is 5.91 Å². The van der Waals surface area contributed by atoms with E-state index in [2.05, 4.69) is 25.8 Å². The van der Waals surface area contributed by atoms with Crippen LogP contribution in [0.15, 0.2) is 53.7 Å². The Morgan fingerprint density at radius 1 is 1.22 bits per heavy atom. The summed E-state index contributed by atoms with van der Waals surface area (Å²) in [7, 11) is 0. The molecule has 3 amide bonds. The highest BCUT2D eigenvalue weighted by atomic mass is 35.5. The first-order valence-corrected chi connectivity index (χ1v) is 8.74. The average Bonchev–Trinajstić information content (AvgIpc) is 3.08. The Morgan fingerprint density at radius 3 is 2.89 bits per heavy atom. The van der Waals surface area contributed by atoms with Gasteiger partial charge in [-0.05, 0) is 42.8 Å². The number of rotatable bonds is 3. The molecule has 3 aromatic rings. The molecule has 2 aromatic carbocycles. The van der Waals surface area contributed by atoms with Crippen molar-refractivity contribution in [2.45, 2.75) is 13.0 Å². The molecule has 8 heteroatoms. The van der Waals surface area contributed by atoms with E-state index in [0.29, 0.717) is 16.4 Å². The zero-order valence-corrected chi connectivity index (χ0v) is 15.1. The summed E-state index contributed by atoms with van der Waals surface area (Å²) in [5.74, 6) is -0.912. The number of aromatic nitrogens is 2. The van der Waals surface area contributed by atoms with Gasteiger partial charge in [-0.3, -0.25) is 9.89 Å². The molecule has 0 saturated carbocycles. The fourth-order valence-electron chi connectivity index (χ4n) is 3.28. The summed E-state index contributed by atoms with van der Waals surface area (Å²) in [5, 5.41) is 13.9. The normalized spacial score (nSPS) is 19.5. The number of hydrogen-bond donors (Lipinski definition) is 3. The highest BCUT2D eigenvalue weighted by Gasteiger charge is 2.37. The Kier molecular flexibility index (Phi) is 4.37. The number of nitrogens with zero attached hydrogens (tertiary/aromatic N) is 2. The van der Waals surface area contributed by atoms with Crippen LogP contribution in [-0.2, 0) is 4.79 Å². The van der Waals surface area contributed by atoms with Crippen LogP contribution >= 0.6 is 11.6 Å². The molecule has 3 N–H and O–H groups in total. The van der Waals surface area contributed by atoms with Gasteiger partial charge in [0.25, 0.3) is 0 Å². The number of urea groups is 1. The number of aliphatic imine (C=N–C) groups is 1. The highest BCUT2D eigenvalue weighted by Crippen LogP contribution is 2.30. The molecule has 0 bridgehead atoms. The molecule has 2 atom stereocenters. The molecular weight excluding hydrogens is 366 g/mol. The Balaban J connectivity index is 1.65. The van der Waals surface area contributed by atoms with Gasteiger partial charge in [-0.2, -0.15) is 5.10 Å². The summed E-state index contributed by atoms with van der Waals surface area (Å²) in [6.45, 7) is 1.68. The number of carbonyl (C=O) groups excluding carboxylic acids is 2. The molecule has 2 unspecified atom stereocenters. The van der Waals surface area contributed by atoms with Gasteiger partial charge in [-0.1, -0.05) is 23.7 Å². The minimum absolute atomic E-state index is 0.260. The van der Waals surface area contributed by atoms with E-state index in [4.69, 9.17) is 11.6 Å². The number of aromatic amines is 1. The second-order valence-electron chi connectivity index (χ2n) is 6.37. The monoisotopic (exact) mass is 381 g/mol.